The first kappa shape index (κ1) is 19.9. The molecule has 0 aliphatic rings. The highest BCUT2D eigenvalue weighted by Crippen LogP contribution is 2.18. The van der Waals surface area contributed by atoms with Crippen molar-refractivity contribution in [1.82, 2.24) is 18.7 Å². The number of amides is 1. The van der Waals surface area contributed by atoms with Gasteiger partial charge in [-0.2, -0.15) is 0 Å². The third-order valence-corrected chi connectivity index (χ3v) is 5.68. The maximum absolute atomic E-state index is 13.0. The lowest BCUT2D eigenvalue weighted by Crippen LogP contribution is -2.29. The fraction of sp³-hybridized carbons (Fsp3) is 0.300. The van der Waals surface area contributed by atoms with E-state index in [0.717, 1.165) is 17.5 Å². The molecule has 4 aromatic rings. The summed E-state index contributed by atoms with van der Waals surface area (Å²) in [5.41, 5.74) is 0.474. The van der Waals surface area contributed by atoms with Crippen molar-refractivity contribution in [2.24, 2.45) is 0 Å². The molecule has 3 aromatic heterocycles. The smallest absolute Gasteiger partial charge is 0.352 e. The average Bonchev–Trinajstić information content (AvgIpc) is 3.34. The Morgan fingerprint density at radius 2 is 1.97 bits per heavy atom. The largest absolute Gasteiger partial charge is 0.497 e. The average molecular weight is 427 g/mol. The second-order valence-electron chi connectivity index (χ2n) is 6.80. The summed E-state index contributed by atoms with van der Waals surface area (Å²) in [6, 6.07) is 8.60. The fourth-order valence-corrected chi connectivity index (χ4v) is 4.09. The molecule has 1 N–H and O–H groups in total. The van der Waals surface area contributed by atoms with Crippen molar-refractivity contribution in [1.29, 1.82) is 0 Å². The van der Waals surface area contributed by atoms with Crippen LogP contribution in [0.3, 0.4) is 0 Å². The van der Waals surface area contributed by atoms with E-state index in [1.165, 1.54) is 20.3 Å². The van der Waals surface area contributed by atoms with Crippen LogP contribution in [0.15, 0.2) is 45.3 Å². The molecule has 10 heteroatoms. The first-order chi connectivity index (χ1) is 14.5. The monoisotopic (exact) mass is 427 g/mol. The van der Waals surface area contributed by atoms with Crippen LogP contribution in [0.1, 0.15) is 19.8 Å². The van der Waals surface area contributed by atoms with Crippen molar-refractivity contribution in [2.75, 3.05) is 12.4 Å². The predicted octanol–water partition coefficient (Wildman–Crippen LogP) is 2.32. The quantitative estimate of drug-likeness (QED) is 0.488. The normalized spacial score (nSPS) is 11.3. The molecule has 30 heavy (non-hydrogen) atoms. The highest BCUT2D eigenvalue weighted by atomic mass is 32.1. The van der Waals surface area contributed by atoms with Gasteiger partial charge in [-0.05, 0) is 42.1 Å². The number of thiophene rings is 1. The summed E-state index contributed by atoms with van der Waals surface area (Å²) in [6.07, 6.45) is 1.68. The Balaban J connectivity index is 1.71. The van der Waals surface area contributed by atoms with Crippen LogP contribution >= 0.6 is 11.3 Å². The number of aromatic nitrogens is 4. The van der Waals surface area contributed by atoms with E-state index in [1.54, 1.807) is 42.8 Å². The fourth-order valence-electron chi connectivity index (χ4n) is 3.27. The number of fused-ring (bicyclic) bond motifs is 3. The van der Waals surface area contributed by atoms with Gasteiger partial charge in [-0.15, -0.1) is 16.4 Å². The van der Waals surface area contributed by atoms with Crippen LogP contribution < -0.4 is 21.3 Å². The highest BCUT2D eigenvalue weighted by Gasteiger charge is 2.19. The van der Waals surface area contributed by atoms with Crippen molar-refractivity contribution in [3.05, 3.63) is 56.5 Å². The number of benzene rings is 1. The molecule has 4 rings (SSSR count). The number of anilines is 1. The summed E-state index contributed by atoms with van der Waals surface area (Å²) >= 11 is 1.29. The van der Waals surface area contributed by atoms with Gasteiger partial charge in [0.25, 0.3) is 5.56 Å². The molecule has 1 aromatic carbocycles. The number of rotatable bonds is 7. The van der Waals surface area contributed by atoms with Crippen LogP contribution in [-0.4, -0.2) is 31.8 Å². The Hall–Kier alpha value is -3.40. The third kappa shape index (κ3) is 3.50. The number of nitrogens with zero attached hydrogens (tertiary/aromatic N) is 4. The van der Waals surface area contributed by atoms with Gasteiger partial charge in [0.1, 0.15) is 17.0 Å². The van der Waals surface area contributed by atoms with E-state index in [0.29, 0.717) is 28.2 Å². The van der Waals surface area contributed by atoms with Crippen LogP contribution in [0.5, 0.6) is 5.75 Å². The van der Waals surface area contributed by atoms with E-state index in [9.17, 15) is 14.4 Å². The summed E-state index contributed by atoms with van der Waals surface area (Å²) in [7, 11) is 1.56. The number of nitrogens with one attached hydrogen (secondary N) is 1. The van der Waals surface area contributed by atoms with Crippen LogP contribution in [0.4, 0.5) is 5.69 Å². The van der Waals surface area contributed by atoms with E-state index < -0.39 is 11.6 Å². The zero-order valence-electron chi connectivity index (χ0n) is 16.6. The van der Waals surface area contributed by atoms with Crippen LogP contribution in [0.25, 0.3) is 16.0 Å². The summed E-state index contributed by atoms with van der Waals surface area (Å²) in [4.78, 5) is 38.4. The van der Waals surface area contributed by atoms with Gasteiger partial charge in [-0.1, -0.05) is 13.3 Å². The molecule has 0 atom stereocenters. The first-order valence-electron chi connectivity index (χ1n) is 9.57. The van der Waals surface area contributed by atoms with Gasteiger partial charge in [-0.3, -0.25) is 14.2 Å². The lowest BCUT2D eigenvalue weighted by atomic mass is 10.3. The molecule has 0 bridgehead atoms. The summed E-state index contributed by atoms with van der Waals surface area (Å²) < 4.78 is 9.61. The Morgan fingerprint density at radius 3 is 2.67 bits per heavy atom. The van der Waals surface area contributed by atoms with Crippen molar-refractivity contribution in [3.63, 3.8) is 0 Å². The van der Waals surface area contributed by atoms with E-state index in [4.69, 9.17) is 4.74 Å². The lowest BCUT2D eigenvalue weighted by Gasteiger charge is -2.06. The number of hydrogen-bond acceptors (Lipinski definition) is 6. The molecule has 3 heterocycles. The van der Waals surface area contributed by atoms with Gasteiger partial charge in [-0.25, -0.2) is 13.9 Å². The zero-order chi connectivity index (χ0) is 21.3. The molecular weight excluding hydrogens is 406 g/mol. The van der Waals surface area contributed by atoms with Gasteiger partial charge in [0.2, 0.25) is 11.7 Å². The third-order valence-electron chi connectivity index (χ3n) is 4.79. The molecule has 0 radical (unpaired) electrons. The van der Waals surface area contributed by atoms with Gasteiger partial charge in [0.05, 0.1) is 12.6 Å². The van der Waals surface area contributed by atoms with Gasteiger partial charge in [0.15, 0.2) is 0 Å². The van der Waals surface area contributed by atoms with Gasteiger partial charge >= 0.3 is 5.69 Å². The number of ether oxygens (including phenoxy) is 1. The second kappa shape index (κ2) is 8.15. The maximum atomic E-state index is 13.0. The van der Waals surface area contributed by atoms with Crippen molar-refractivity contribution in [3.8, 4) is 5.75 Å². The molecule has 0 spiro atoms. The molecule has 0 aliphatic carbocycles. The molecule has 0 saturated heterocycles. The van der Waals surface area contributed by atoms with Crippen LogP contribution in [0, 0.1) is 0 Å². The van der Waals surface area contributed by atoms with Crippen LogP contribution in [-0.2, 0) is 17.9 Å². The number of unbranched alkanes of at least 4 members (excludes halogenated alkanes) is 1. The molecule has 1 amide bonds. The molecule has 0 saturated carbocycles. The maximum Gasteiger partial charge on any atom is 0.352 e. The predicted molar refractivity (Wildman–Crippen MR) is 116 cm³/mol. The molecular formula is C20H21N5O4S. The van der Waals surface area contributed by atoms with Crippen molar-refractivity contribution >= 4 is 38.9 Å². The van der Waals surface area contributed by atoms with Crippen molar-refractivity contribution < 1.29 is 9.53 Å². The van der Waals surface area contributed by atoms with Crippen LogP contribution in [0.2, 0.25) is 0 Å². The molecule has 0 unspecified atom stereocenters. The lowest BCUT2D eigenvalue weighted by molar-refractivity contribution is -0.117. The molecule has 156 valence electrons. The van der Waals surface area contributed by atoms with E-state index >= 15 is 0 Å². The summed E-state index contributed by atoms with van der Waals surface area (Å²) in [5.74, 6) is 0.533. The Morgan fingerprint density at radius 1 is 1.20 bits per heavy atom. The number of carbonyl (C=O) groups excluding carboxylic acids is 1. The SMILES string of the molecule is CCCCn1c(=O)c2sccc2n2c(=O)n(CC(=O)Nc3ccc(OC)cc3)nc12. The Kier molecular flexibility index (Phi) is 5.40. The number of aryl methyl sites for hydroxylation is 1. The van der Waals surface area contributed by atoms with Gasteiger partial charge in [0, 0.05) is 12.2 Å². The Labute approximate surface area is 175 Å². The first-order valence-corrected chi connectivity index (χ1v) is 10.4. The van der Waals surface area contributed by atoms with E-state index in [1.807, 2.05) is 6.92 Å². The number of methoxy groups -OCH3 is 1. The molecule has 9 nitrogen and oxygen atoms in total. The minimum absolute atomic E-state index is 0.166. The number of carbonyl (C=O) groups is 1. The Bertz CT molecular complexity index is 1330. The van der Waals surface area contributed by atoms with Gasteiger partial charge < -0.3 is 10.1 Å². The highest BCUT2D eigenvalue weighted by molar-refractivity contribution is 7.17. The number of hydrogen-bond donors (Lipinski definition) is 1. The van der Waals surface area contributed by atoms with Crippen molar-refractivity contribution in [2.45, 2.75) is 32.9 Å². The minimum Gasteiger partial charge on any atom is -0.497 e. The minimum atomic E-state index is -0.455. The summed E-state index contributed by atoms with van der Waals surface area (Å²) in [5, 5.41) is 8.83. The summed E-state index contributed by atoms with van der Waals surface area (Å²) in [6.45, 7) is 2.22. The second-order valence-corrected chi connectivity index (χ2v) is 7.71. The topological polar surface area (TPSA) is 99.6 Å². The molecule has 0 fully saturated rings. The molecule has 0 aliphatic heterocycles. The van der Waals surface area contributed by atoms with E-state index in [-0.39, 0.29) is 17.9 Å². The standard InChI is InChI=1S/C20H21N5O4S/c1-3-4-10-23-18(27)17-15(9-11-30-17)25-19(23)22-24(20(25)28)12-16(26)21-13-5-7-14(29-2)8-6-13/h5-9,11H,3-4,10,12H2,1-2H3,(H,21,26). The van der Waals surface area contributed by atoms with E-state index in [2.05, 4.69) is 10.4 Å². The zero-order valence-corrected chi connectivity index (χ0v) is 17.4.